The lowest BCUT2D eigenvalue weighted by Gasteiger charge is -2.07. The van der Waals surface area contributed by atoms with Crippen LogP contribution in [0, 0.1) is 0 Å². The van der Waals surface area contributed by atoms with Gasteiger partial charge in [-0.1, -0.05) is 35.3 Å². The van der Waals surface area contributed by atoms with E-state index in [1.807, 2.05) is 18.2 Å². The third-order valence-corrected chi connectivity index (χ3v) is 3.09. The van der Waals surface area contributed by atoms with Crippen LogP contribution < -0.4 is 5.32 Å². The molecule has 0 atom stereocenters. The van der Waals surface area contributed by atoms with Gasteiger partial charge in [0.1, 0.15) is 5.75 Å². The van der Waals surface area contributed by atoms with Crippen LogP contribution in [0.15, 0.2) is 42.5 Å². The van der Waals surface area contributed by atoms with Gasteiger partial charge in [-0.3, -0.25) is 0 Å². The minimum absolute atomic E-state index is 0.267. The molecule has 0 aliphatic rings. The van der Waals surface area contributed by atoms with E-state index in [-0.39, 0.29) is 5.75 Å². The Morgan fingerprint density at radius 2 is 1.65 bits per heavy atom. The van der Waals surface area contributed by atoms with Crippen LogP contribution in [0.1, 0.15) is 5.56 Å². The Bertz CT molecular complexity index is 511. The van der Waals surface area contributed by atoms with Crippen molar-refractivity contribution in [2.75, 3.05) is 5.32 Å². The second-order valence-corrected chi connectivity index (χ2v) is 4.46. The summed E-state index contributed by atoms with van der Waals surface area (Å²) in [6.45, 7) is 0.665. The van der Waals surface area contributed by atoms with Crippen molar-refractivity contribution in [2.45, 2.75) is 6.54 Å². The first-order chi connectivity index (χ1) is 8.15. The molecule has 88 valence electrons. The molecule has 2 rings (SSSR count). The van der Waals surface area contributed by atoms with E-state index in [4.69, 9.17) is 28.3 Å². The number of aromatic hydroxyl groups is 1. The Hall–Kier alpha value is -1.38. The van der Waals surface area contributed by atoms with Crippen molar-refractivity contribution >= 4 is 28.9 Å². The number of nitrogens with one attached hydrogen (secondary N) is 1. The zero-order valence-electron chi connectivity index (χ0n) is 8.95. The highest BCUT2D eigenvalue weighted by Crippen LogP contribution is 2.25. The van der Waals surface area contributed by atoms with Gasteiger partial charge in [0.15, 0.2) is 0 Å². The molecule has 0 unspecified atom stereocenters. The molecular formula is C13H11Cl2NO. The van der Waals surface area contributed by atoms with Crippen LogP contribution in [0.25, 0.3) is 0 Å². The molecule has 2 N–H and O–H groups in total. The summed E-state index contributed by atoms with van der Waals surface area (Å²) in [5, 5.41) is 13.5. The molecule has 0 heterocycles. The number of anilines is 1. The molecule has 2 aromatic carbocycles. The maximum Gasteiger partial charge on any atom is 0.115 e. The number of benzene rings is 2. The highest BCUT2D eigenvalue weighted by atomic mass is 35.5. The smallest absolute Gasteiger partial charge is 0.115 e. The average Bonchev–Trinajstić information content (AvgIpc) is 2.33. The van der Waals surface area contributed by atoms with Gasteiger partial charge in [-0.05, 0) is 35.9 Å². The van der Waals surface area contributed by atoms with Crippen LogP contribution >= 0.6 is 23.2 Å². The topological polar surface area (TPSA) is 32.3 Å². The van der Waals surface area contributed by atoms with Crippen molar-refractivity contribution in [1.82, 2.24) is 0 Å². The first kappa shape index (κ1) is 12.1. The van der Waals surface area contributed by atoms with Crippen molar-refractivity contribution in [3.05, 3.63) is 58.1 Å². The van der Waals surface area contributed by atoms with Gasteiger partial charge < -0.3 is 10.4 Å². The van der Waals surface area contributed by atoms with E-state index in [0.717, 1.165) is 11.3 Å². The second kappa shape index (κ2) is 5.30. The molecule has 0 aliphatic carbocycles. The third-order valence-electron chi connectivity index (χ3n) is 2.35. The quantitative estimate of drug-likeness (QED) is 0.869. The molecule has 0 amide bonds. The molecule has 0 bridgehead atoms. The summed E-state index contributed by atoms with van der Waals surface area (Å²) in [7, 11) is 0. The van der Waals surface area contributed by atoms with Crippen molar-refractivity contribution in [3.8, 4) is 5.75 Å². The number of hydrogen-bond donors (Lipinski definition) is 2. The number of phenols is 1. The molecular weight excluding hydrogens is 257 g/mol. The Kier molecular flexibility index (Phi) is 3.77. The van der Waals surface area contributed by atoms with Gasteiger partial charge in [0.25, 0.3) is 0 Å². The predicted molar refractivity (Wildman–Crippen MR) is 71.9 cm³/mol. The Labute approximate surface area is 110 Å². The number of hydrogen-bond acceptors (Lipinski definition) is 2. The lowest BCUT2D eigenvalue weighted by Crippen LogP contribution is -1.98. The van der Waals surface area contributed by atoms with Crippen molar-refractivity contribution in [3.63, 3.8) is 0 Å². The molecule has 0 aromatic heterocycles. The Balaban J connectivity index is 2.02. The molecule has 2 nitrogen and oxygen atoms in total. The average molecular weight is 268 g/mol. The van der Waals surface area contributed by atoms with Crippen LogP contribution in [0.3, 0.4) is 0 Å². The zero-order chi connectivity index (χ0) is 12.3. The maximum atomic E-state index is 9.16. The number of phenolic OH excluding ortho intramolecular Hbond substituents is 1. The van der Waals surface area contributed by atoms with Crippen molar-refractivity contribution in [1.29, 1.82) is 0 Å². The van der Waals surface area contributed by atoms with E-state index in [1.54, 1.807) is 24.3 Å². The molecule has 0 aliphatic heterocycles. The SMILES string of the molecule is Oc1ccc(CNc2ccc(Cl)c(Cl)c2)cc1. The first-order valence-corrected chi connectivity index (χ1v) is 5.87. The van der Waals surface area contributed by atoms with Crippen LogP contribution in [0.5, 0.6) is 5.75 Å². The van der Waals surface area contributed by atoms with E-state index in [2.05, 4.69) is 5.32 Å². The Morgan fingerprint density at radius 3 is 2.29 bits per heavy atom. The molecule has 17 heavy (non-hydrogen) atoms. The highest BCUT2D eigenvalue weighted by Gasteiger charge is 1.99. The number of halogens is 2. The molecule has 2 aromatic rings. The summed E-state index contributed by atoms with van der Waals surface area (Å²) >= 11 is 11.7. The van der Waals surface area contributed by atoms with E-state index >= 15 is 0 Å². The minimum atomic E-state index is 0.267. The fourth-order valence-corrected chi connectivity index (χ4v) is 1.72. The first-order valence-electron chi connectivity index (χ1n) is 5.12. The molecule has 0 radical (unpaired) electrons. The third kappa shape index (κ3) is 3.29. The molecule has 4 heteroatoms. The van der Waals surface area contributed by atoms with Gasteiger partial charge in [0.2, 0.25) is 0 Å². The number of rotatable bonds is 3. The fraction of sp³-hybridized carbons (Fsp3) is 0.0769. The Morgan fingerprint density at radius 1 is 0.941 bits per heavy atom. The summed E-state index contributed by atoms with van der Waals surface area (Å²) < 4.78 is 0. The molecule has 0 fully saturated rings. The van der Waals surface area contributed by atoms with Gasteiger partial charge in [0.05, 0.1) is 10.0 Å². The van der Waals surface area contributed by atoms with E-state index < -0.39 is 0 Å². The van der Waals surface area contributed by atoms with Crippen molar-refractivity contribution in [2.24, 2.45) is 0 Å². The summed E-state index contributed by atoms with van der Waals surface area (Å²) in [5.41, 5.74) is 1.99. The maximum absolute atomic E-state index is 9.16. The van der Waals surface area contributed by atoms with Gasteiger partial charge in [0, 0.05) is 12.2 Å². The van der Waals surface area contributed by atoms with Crippen molar-refractivity contribution < 1.29 is 5.11 Å². The van der Waals surface area contributed by atoms with Gasteiger partial charge >= 0.3 is 0 Å². The lowest BCUT2D eigenvalue weighted by atomic mass is 10.2. The largest absolute Gasteiger partial charge is 0.508 e. The summed E-state index contributed by atoms with van der Waals surface area (Å²) in [4.78, 5) is 0. The van der Waals surface area contributed by atoms with E-state index in [0.29, 0.717) is 16.6 Å². The fourth-order valence-electron chi connectivity index (χ4n) is 1.42. The highest BCUT2D eigenvalue weighted by molar-refractivity contribution is 6.42. The second-order valence-electron chi connectivity index (χ2n) is 3.65. The predicted octanol–water partition coefficient (Wildman–Crippen LogP) is 4.31. The summed E-state index contributed by atoms with van der Waals surface area (Å²) in [6, 6.07) is 12.4. The standard InChI is InChI=1S/C13H11Cl2NO/c14-12-6-3-10(7-13(12)15)16-8-9-1-4-11(17)5-2-9/h1-7,16-17H,8H2. The van der Waals surface area contributed by atoms with Crippen LogP contribution in [0.2, 0.25) is 10.0 Å². The normalized spacial score (nSPS) is 10.2. The monoisotopic (exact) mass is 267 g/mol. The van der Waals surface area contributed by atoms with Crippen LogP contribution in [-0.2, 0) is 6.54 Å². The minimum Gasteiger partial charge on any atom is -0.508 e. The lowest BCUT2D eigenvalue weighted by molar-refractivity contribution is 0.475. The van der Waals surface area contributed by atoms with E-state index in [9.17, 15) is 0 Å². The zero-order valence-corrected chi connectivity index (χ0v) is 10.5. The molecule has 0 saturated heterocycles. The van der Waals surface area contributed by atoms with Gasteiger partial charge in [-0.25, -0.2) is 0 Å². The summed E-state index contributed by atoms with van der Waals surface area (Å²) in [5.74, 6) is 0.267. The van der Waals surface area contributed by atoms with Crippen LogP contribution in [-0.4, -0.2) is 5.11 Å². The molecule has 0 spiro atoms. The van der Waals surface area contributed by atoms with Gasteiger partial charge in [-0.15, -0.1) is 0 Å². The van der Waals surface area contributed by atoms with Gasteiger partial charge in [-0.2, -0.15) is 0 Å². The van der Waals surface area contributed by atoms with Crippen LogP contribution in [0.4, 0.5) is 5.69 Å². The molecule has 0 saturated carbocycles. The summed E-state index contributed by atoms with van der Waals surface area (Å²) in [6.07, 6.45) is 0. The van der Waals surface area contributed by atoms with E-state index in [1.165, 1.54) is 0 Å².